The Kier molecular flexibility index (Phi) is 1.90. The molecule has 1 aliphatic rings. The molecule has 0 spiro atoms. The summed E-state index contributed by atoms with van der Waals surface area (Å²) in [5.74, 6) is 0.0662. The standard InChI is InChI=1S/C9H9NO3/c11-5-10-7-3-6(9-4-13-9)1-2-8(7)12/h1-3,5,9,12H,4H2,(H,10,11). The van der Waals surface area contributed by atoms with Crippen molar-refractivity contribution in [2.24, 2.45) is 0 Å². The molecule has 1 heterocycles. The highest BCUT2D eigenvalue weighted by molar-refractivity contribution is 5.75. The number of amides is 1. The highest BCUT2D eigenvalue weighted by Gasteiger charge is 2.25. The number of carbonyl (C=O) groups is 1. The Balaban J connectivity index is 2.29. The highest BCUT2D eigenvalue weighted by atomic mass is 16.6. The van der Waals surface area contributed by atoms with Crippen molar-refractivity contribution in [3.8, 4) is 5.75 Å². The fraction of sp³-hybridized carbons (Fsp3) is 0.222. The number of phenolic OH excluding ortho intramolecular Hbond substituents is 1. The largest absolute Gasteiger partial charge is 0.506 e. The molecule has 0 aliphatic carbocycles. The number of carbonyl (C=O) groups excluding carboxylic acids is 1. The molecule has 0 saturated carbocycles. The number of phenols is 1. The van der Waals surface area contributed by atoms with Gasteiger partial charge in [-0.1, -0.05) is 6.07 Å². The minimum absolute atomic E-state index is 0.0662. The van der Waals surface area contributed by atoms with Crippen LogP contribution in [0.1, 0.15) is 11.7 Å². The van der Waals surface area contributed by atoms with Gasteiger partial charge in [-0.25, -0.2) is 0 Å². The van der Waals surface area contributed by atoms with E-state index in [0.29, 0.717) is 18.7 Å². The Bertz CT molecular complexity index is 334. The lowest BCUT2D eigenvalue weighted by Gasteiger charge is -2.03. The van der Waals surface area contributed by atoms with Gasteiger partial charge in [-0.2, -0.15) is 0 Å². The second-order valence-electron chi connectivity index (χ2n) is 2.86. The maximum atomic E-state index is 10.2. The molecule has 1 fully saturated rings. The lowest BCUT2D eigenvalue weighted by Crippen LogP contribution is -1.95. The Hall–Kier alpha value is -1.55. The second-order valence-corrected chi connectivity index (χ2v) is 2.86. The smallest absolute Gasteiger partial charge is 0.211 e. The van der Waals surface area contributed by atoms with Crippen molar-refractivity contribution >= 4 is 12.1 Å². The first-order valence-electron chi connectivity index (χ1n) is 3.96. The number of rotatable bonds is 3. The first kappa shape index (κ1) is 8.07. The minimum atomic E-state index is 0.0662. The van der Waals surface area contributed by atoms with Gasteiger partial charge in [-0.15, -0.1) is 0 Å². The second kappa shape index (κ2) is 3.06. The number of aromatic hydroxyl groups is 1. The average Bonchev–Trinajstić information content (AvgIpc) is 2.92. The zero-order valence-electron chi connectivity index (χ0n) is 6.86. The van der Waals surface area contributed by atoms with Crippen molar-refractivity contribution in [1.29, 1.82) is 0 Å². The van der Waals surface area contributed by atoms with Crippen LogP contribution in [0.3, 0.4) is 0 Å². The van der Waals surface area contributed by atoms with E-state index in [1.807, 2.05) is 0 Å². The van der Waals surface area contributed by atoms with Gasteiger partial charge in [0.15, 0.2) is 0 Å². The molecule has 1 unspecified atom stereocenters. The van der Waals surface area contributed by atoms with E-state index in [0.717, 1.165) is 5.56 Å². The zero-order chi connectivity index (χ0) is 9.26. The molecule has 0 radical (unpaired) electrons. The van der Waals surface area contributed by atoms with Gasteiger partial charge in [0.1, 0.15) is 11.9 Å². The van der Waals surface area contributed by atoms with Gasteiger partial charge >= 0.3 is 0 Å². The third kappa shape index (κ3) is 1.62. The van der Waals surface area contributed by atoms with Gasteiger partial charge in [-0.05, 0) is 17.7 Å². The molecule has 2 rings (SSSR count). The maximum absolute atomic E-state index is 10.2. The number of benzene rings is 1. The van der Waals surface area contributed by atoms with Crippen LogP contribution < -0.4 is 5.32 Å². The van der Waals surface area contributed by atoms with E-state index in [1.54, 1.807) is 18.2 Å². The molecule has 4 nitrogen and oxygen atoms in total. The summed E-state index contributed by atoms with van der Waals surface area (Å²) in [4.78, 5) is 10.2. The van der Waals surface area contributed by atoms with Gasteiger partial charge in [-0.3, -0.25) is 4.79 Å². The predicted octanol–water partition coefficient (Wildman–Crippen LogP) is 1.03. The first-order chi connectivity index (χ1) is 6.31. The lowest BCUT2D eigenvalue weighted by molar-refractivity contribution is -0.105. The van der Waals surface area contributed by atoms with Crippen molar-refractivity contribution in [3.63, 3.8) is 0 Å². The summed E-state index contributed by atoms with van der Waals surface area (Å²) >= 11 is 0. The number of epoxide rings is 1. The molecule has 0 aromatic heterocycles. The topological polar surface area (TPSA) is 61.9 Å². The van der Waals surface area contributed by atoms with Crippen LogP contribution in [0.15, 0.2) is 18.2 Å². The number of hydrogen-bond donors (Lipinski definition) is 2. The van der Waals surface area contributed by atoms with Crippen LogP contribution in [0.5, 0.6) is 5.75 Å². The Labute approximate surface area is 75.1 Å². The summed E-state index contributed by atoms with van der Waals surface area (Å²) in [6.45, 7) is 0.714. The SMILES string of the molecule is O=CNc1cc(C2CO2)ccc1O. The molecule has 68 valence electrons. The van der Waals surface area contributed by atoms with Crippen molar-refractivity contribution < 1.29 is 14.6 Å². The van der Waals surface area contributed by atoms with Gasteiger partial charge < -0.3 is 15.2 Å². The number of ether oxygens (including phenoxy) is 1. The van der Waals surface area contributed by atoms with Crippen LogP contribution >= 0.6 is 0 Å². The average molecular weight is 179 g/mol. The zero-order valence-corrected chi connectivity index (χ0v) is 6.86. The van der Waals surface area contributed by atoms with Crippen LogP contribution in [-0.4, -0.2) is 18.1 Å². The van der Waals surface area contributed by atoms with E-state index in [2.05, 4.69) is 5.32 Å². The van der Waals surface area contributed by atoms with E-state index in [1.165, 1.54) is 0 Å². The normalized spacial score (nSPS) is 19.5. The summed E-state index contributed by atoms with van der Waals surface area (Å²) in [5.41, 5.74) is 1.39. The third-order valence-electron chi connectivity index (χ3n) is 1.94. The van der Waals surface area contributed by atoms with Gasteiger partial charge in [0, 0.05) is 0 Å². The van der Waals surface area contributed by atoms with Crippen LogP contribution in [0.2, 0.25) is 0 Å². The molecule has 1 aliphatic heterocycles. The van der Waals surface area contributed by atoms with Crippen molar-refractivity contribution in [2.45, 2.75) is 6.10 Å². The first-order valence-corrected chi connectivity index (χ1v) is 3.96. The van der Waals surface area contributed by atoms with E-state index >= 15 is 0 Å². The molecule has 1 aromatic carbocycles. The minimum Gasteiger partial charge on any atom is -0.506 e. The summed E-state index contributed by atoms with van der Waals surface area (Å²) in [5, 5.41) is 11.7. The number of nitrogens with one attached hydrogen (secondary N) is 1. The van der Waals surface area contributed by atoms with Crippen LogP contribution in [-0.2, 0) is 9.53 Å². The third-order valence-corrected chi connectivity index (χ3v) is 1.94. The predicted molar refractivity (Wildman–Crippen MR) is 46.5 cm³/mol. The Morgan fingerprint density at radius 3 is 3.00 bits per heavy atom. The molecule has 13 heavy (non-hydrogen) atoms. The number of hydrogen-bond acceptors (Lipinski definition) is 3. The number of anilines is 1. The fourth-order valence-electron chi connectivity index (χ4n) is 1.17. The quantitative estimate of drug-likeness (QED) is 0.414. The van der Waals surface area contributed by atoms with Crippen LogP contribution in [0.25, 0.3) is 0 Å². The van der Waals surface area contributed by atoms with E-state index in [9.17, 15) is 9.90 Å². The van der Waals surface area contributed by atoms with Crippen LogP contribution in [0.4, 0.5) is 5.69 Å². The summed E-state index contributed by atoms with van der Waals surface area (Å²) < 4.78 is 5.07. The van der Waals surface area contributed by atoms with Gasteiger partial charge in [0.05, 0.1) is 12.3 Å². The summed E-state index contributed by atoms with van der Waals surface area (Å²) in [6.07, 6.45) is 0.667. The Morgan fingerprint density at radius 2 is 2.38 bits per heavy atom. The van der Waals surface area contributed by atoms with Crippen molar-refractivity contribution in [1.82, 2.24) is 0 Å². The molecule has 1 saturated heterocycles. The molecule has 4 heteroatoms. The van der Waals surface area contributed by atoms with E-state index in [4.69, 9.17) is 4.74 Å². The highest BCUT2D eigenvalue weighted by Crippen LogP contribution is 2.34. The fourth-order valence-corrected chi connectivity index (χ4v) is 1.17. The molecule has 1 atom stereocenters. The molecular formula is C9H9NO3. The van der Waals surface area contributed by atoms with Crippen molar-refractivity contribution in [2.75, 3.05) is 11.9 Å². The molecule has 2 N–H and O–H groups in total. The van der Waals surface area contributed by atoms with Crippen molar-refractivity contribution in [3.05, 3.63) is 23.8 Å². The van der Waals surface area contributed by atoms with Gasteiger partial charge in [0.2, 0.25) is 6.41 Å². The summed E-state index contributed by atoms with van der Waals surface area (Å²) in [6, 6.07) is 5.03. The maximum Gasteiger partial charge on any atom is 0.211 e. The van der Waals surface area contributed by atoms with Gasteiger partial charge in [0.25, 0.3) is 0 Å². The van der Waals surface area contributed by atoms with E-state index in [-0.39, 0.29) is 11.9 Å². The monoisotopic (exact) mass is 179 g/mol. The molecule has 1 amide bonds. The molecule has 0 bridgehead atoms. The van der Waals surface area contributed by atoms with E-state index < -0.39 is 0 Å². The lowest BCUT2D eigenvalue weighted by atomic mass is 10.1. The summed E-state index contributed by atoms with van der Waals surface area (Å²) in [7, 11) is 0. The van der Waals surface area contributed by atoms with Crippen LogP contribution in [0, 0.1) is 0 Å². The molecule has 1 aromatic rings. The Morgan fingerprint density at radius 1 is 1.62 bits per heavy atom. The molecular weight excluding hydrogens is 170 g/mol.